The molecule has 1 aliphatic rings. The van der Waals surface area contributed by atoms with E-state index >= 15 is 0 Å². The number of piperidine rings is 1. The minimum Gasteiger partial charge on any atom is -0.488 e. The molecule has 11 nitrogen and oxygen atoms in total. The first-order valence-electron chi connectivity index (χ1n) is 9.51. The lowest BCUT2D eigenvalue weighted by atomic mass is 9.97. The molecule has 156 valence electrons. The SMILES string of the molecule is CCCOc1c(-c2cn[nH]c2)nc(C2CCN(S(C)(=O)=O)CC2)n2nc(N)nc12. The van der Waals surface area contributed by atoms with Crippen molar-refractivity contribution in [1.82, 2.24) is 34.1 Å². The molecule has 12 heteroatoms. The topological polar surface area (TPSA) is 144 Å². The number of hydrogen-bond donors (Lipinski definition) is 2. The number of sulfonamides is 1. The Bertz CT molecular complexity index is 1100. The number of nitrogens with one attached hydrogen (secondary N) is 1. The molecule has 1 saturated heterocycles. The Morgan fingerprint density at radius 3 is 2.69 bits per heavy atom. The van der Waals surface area contributed by atoms with Gasteiger partial charge in [-0.3, -0.25) is 5.10 Å². The minimum atomic E-state index is -3.20. The second-order valence-corrected chi connectivity index (χ2v) is 9.11. The highest BCUT2D eigenvalue weighted by atomic mass is 32.2. The Labute approximate surface area is 168 Å². The maximum absolute atomic E-state index is 11.8. The summed E-state index contributed by atoms with van der Waals surface area (Å²) in [6.45, 7) is 3.39. The van der Waals surface area contributed by atoms with Gasteiger partial charge in [-0.2, -0.15) is 14.6 Å². The van der Waals surface area contributed by atoms with E-state index in [1.165, 1.54) is 10.6 Å². The molecule has 3 aromatic rings. The lowest BCUT2D eigenvalue weighted by Crippen LogP contribution is -2.37. The highest BCUT2D eigenvalue weighted by Crippen LogP contribution is 2.36. The van der Waals surface area contributed by atoms with E-state index in [2.05, 4.69) is 20.3 Å². The van der Waals surface area contributed by atoms with E-state index in [4.69, 9.17) is 15.5 Å². The lowest BCUT2D eigenvalue weighted by Gasteiger charge is -2.30. The average molecular weight is 420 g/mol. The Hall–Kier alpha value is -2.73. The van der Waals surface area contributed by atoms with Gasteiger partial charge in [-0.05, 0) is 19.3 Å². The number of aromatic amines is 1. The molecule has 1 aliphatic heterocycles. The van der Waals surface area contributed by atoms with Crippen LogP contribution in [0, 0.1) is 0 Å². The summed E-state index contributed by atoms with van der Waals surface area (Å²) >= 11 is 0. The third kappa shape index (κ3) is 3.77. The number of anilines is 1. The maximum atomic E-state index is 11.8. The number of aromatic nitrogens is 6. The number of hydrogen-bond acceptors (Lipinski definition) is 8. The van der Waals surface area contributed by atoms with Gasteiger partial charge in [0.05, 0.1) is 19.1 Å². The summed E-state index contributed by atoms with van der Waals surface area (Å²) in [5.41, 5.74) is 7.80. The molecule has 3 N–H and O–H groups in total. The summed E-state index contributed by atoms with van der Waals surface area (Å²) in [4.78, 5) is 9.25. The van der Waals surface area contributed by atoms with Crippen molar-refractivity contribution in [3.8, 4) is 17.0 Å². The number of nitrogens with zero attached hydrogens (tertiary/aromatic N) is 6. The molecular weight excluding hydrogens is 396 g/mol. The van der Waals surface area contributed by atoms with Gasteiger partial charge in [0.15, 0.2) is 5.75 Å². The number of nitrogen functional groups attached to an aromatic ring is 1. The molecular formula is C17H24N8O3S. The van der Waals surface area contributed by atoms with Gasteiger partial charge >= 0.3 is 0 Å². The van der Waals surface area contributed by atoms with Crippen LogP contribution in [0.15, 0.2) is 12.4 Å². The van der Waals surface area contributed by atoms with E-state index in [-0.39, 0.29) is 11.9 Å². The molecule has 3 aromatic heterocycles. The molecule has 0 saturated carbocycles. The Morgan fingerprint density at radius 2 is 2.07 bits per heavy atom. The van der Waals surface area contributed by atoms with Crippen LogP contribution in [-0.2, 0) is 10.0 Å². The first-order valence-corrected chi connectivity index (χ1v) is 11.4. The minimum absolute atomic E-state index is 0.0162. The van der Waals surface area contributed by atoms with E-state index in [1.54, 1.807) is 16.9 Å². The molecule has 0 atom stereocenters. The predicted octanol–water partition coefficient (Wildman–Crippen LogP) is 1.02. The largest absolute Gasteiger partial charge is 0.488 e. The van der Waals surface area contributed by atoms with Crippen molar-refractivity contribution >= 4 is 21.6 Å². The molecule has 0 amide bonds. The van der Waals surface area contributed by atoms with Gasteiger partial charge in [-0.25, -0.2) is 17.7 Å². The number of ether oxygens (including phenoxy) is 1. The Balaban J connectivity index is 1.80. The second-order valence-electron chi connectivity index (χ2n) is 7.12. The zero-order valence-electron chi connectivity index (χ0n) is 16.4. The Morgan fingerprint density at radius 1 is 1.31 bits per heavy atom. The van der Waals surface area contributed by atoms with Crippen molar-refractivity contribution < 1.29 is 13.2 Å². The van der Waals surface area contributed by atoms with Gasteiger partial charge in [-0.15, -0.1) is 5.10 Å². The molecule has 4 rings (SSSR count). The maximum Gasteiger partial charge on any atom is 0.240 e. The molecule has 29 heavy (non-hydrogen) atoms. The van der Waals surface area contributed by atoms with Crippen LogP contribution >= 0.6 is 0 Å². The molecule has 0 unspecified atom stereocenters. The van der Waals surface area contributed by atoms with Crippen LogP contribution in [0.25, 0.3) is 16.9 Å². The standard InChI is InChI=1S/C17H24N8O3S/c1-3-8-28-14-13(12-9-19-20-10-12)21-15(25-16(14)22-17(18)23-25)11-4-6-24(7-5-11)29(2,26)27/h9-11H,3-8H2,1-2H3,(H2,18,23)(H,19,20). The second kappa shape index (κ2) is 7.59. The van der Waals surface area contributed by atoms with Gasteiger partial charge < -0.3 is 10.5 Å². The molecule has 0 aliphatic carbocycles. The fourth-order valence-corrected chi connectivity index (χ4v) is 4.45. The summed E-state index contributed by atoms with van der Waals surface area (Å²) in [5, 5.41) is 11.2. The summed E-state index contributed by atoms with van der Waals surface area (Å²) in [6, 6.07) is 0. The lowest BCUT2D eigenvalue weighted by molar-refractivity contribution is 0.307. The zero-order valence-corrected chi connectivity index (χ0v) is 17.2. The number of rotatable bonds is 6. The van der Waals surface area contributed by atoms with E-state index in [0.717, 1.165) is 12.0 Å². The van der Waals surface area contributed by atoms with E-state index in [0.29, 0.717) is 55.5 Å². The molecule has 0 aromatic carbocycles. The fourth-order valence-electron chi connectivity index (χ4n) is 3.58. The van der Waals surface area contributed by atoms with Crippen LogP contribution in [0.2, 0.25) is 0 Å². The highest BCUT2D eigenvalue weighted by Gasteiger charge is 2.30. The van der Waals surface area contributed by atoms with Gasteiger partial charge in [0, 0.05) is 30.8 Å². The zero-order chi connectivity index (χ0) is 20.6. The first-order chi connectivity index (χ1) is 13.9. The van der Waals surface area contributed by atoms with Crippen molar-refractivity contribution in [2.24, 2.45) is 0 Å². The average Bonchev–Trinajstić information content (AvgIpc) is 3.34. The van der Waals surface area contributed by atoms with E-state index in [9.17, 15) is 8.42 Å². The van der Waals surface area contributed by atoms with Crippen LogP contribution in [0.5, 0.6) is 5.75 Å². The van der Waals surface area contributed by atoms with Gasteiger partial charge in [0.25, 0.3) is 0 Å². The molecule has 0 radical (unpaired) electrons. The fraction of sp³-hybridized carbons (Fsp3) is 0.529. The number of H-pyrrole nitrogens is 1. The smallest absolute Gasteiger partial charge is 0.240 e. The van der Waals surface area contributed by atoms with Crippen molar-refractivity contribution in [1.29, 1.82) is 0 Å². The highest BCUT2D eigenvalue weighted by molar-refractivity contribution is 7.88. The molecule has 4 heterocycles. The molecule has 0 spiro atoms. The van der Waals surface area contributed by atoms with Crippen molar-refractivity contribution in [2.45, 2.75) is 32.1 Å². The van der Waals surface area contributed by atoms with Crippen LogP contribution < -0.4 is 10.5 Å². The van der Waals surface area contributed by atoms with Crippen molar-refractivity contribution in [3.05, 3.63) is 18.2 Å². The third-order valence-corrected chi connectivity index (χ3v) is 6.30. The number of nitrogens with two attached hydrogens (primary N) is 1. The van der Waals surface area contributed by atoms with E-state index < -0.39 is 10.0 Å². The normalized spacial score (nSPS) is 16.5. The number of fused-ring (bicyclic) bond motifs is 1. The third-order valence-electron chi connectivity index (χ3n) is 5.00. The monoisotopic (exact) mass is 420 g/mol. The van der Waals surface area contributed by atoms with E-state index in [1.807, 2.05) is 6.92 Å². The van der Waals surface area contributed by atoms with Crippen LogP contribution in [0.4, 0.5) is 5.95 Å². The summed E-state index contributed by atoms with van der Waals surface area (Å²) in [7, 11) is -3.20. The Kier molecular flexibility index (Phi) is 5.13. The van der Waals surface area contributed by atoms with Crippen LogP contribution in [0.3, 0.4) is 0 Å². The van der Waals surface area contributed by atoms with Gasteiger partial charge in [0.2, 0.25) is 21.6 Å². The van der Waals surface area contributed by atoms with Crippen LogP contribution in [-0.4, -0.2) is 68.5 Å². The summed E-state index contributed by atoms with van der Waals surface area (Å²) in [6.07, 6.45) is 6.75. The van der Waals surface area contributed by atoms with Crippen LogP contribution in [0.1, 0.15) is 37.9 Å². The molecule has 0 bridgehead atoms. The van der Waals surface area contributed by atoms with Gasteiger partial charge in [-0.1, -0.05) is 6.92 Å². The van der Waals surface area contributed by atoms with Crippen molar-refractivity contribution in [2.75, 3.05) is 31.7 Å². The van der Waals surface area contributed by atoms with Crippen molar-refractivity contribution in [3.63, 3.8) is 0 Å². The summed E-state index contributed by atoms with van der Waals surface area (Å²) < 4.78 is 32.8. The summed E-state index contributed by atoms with van der Waals surface area (Å²) in [5.74, 6) is 1.35. The quantitative estimate of drug-likeness (QED) is 0.601. The van der Waals surface area contributed by atoms with Gasteiger partial charge in [0.1, 0.15) is 11.5 Å². The predicted molar refractivity (Wildman–Crippen MR) is 107 cm³/mol. The molecule has 1 fully saturated rings. The first kappa shape index (κ1) is 19.6.